The predicted molar refractivity (Wildman–Crippen MR) is 139 cm³/mol. The van der Waals surface area contributed by atoms with Crippen molar-refractivity contribution in [1.29, 1.82) is 0 Å². The van der Waals surface area contributed by atoms with Crippen LogP contribution in [0.4, 0.5) is 5.69 Å². The van der Waals surface area contributed by atoms with Crippen molar-refractivity contribution < 1.29 is 9.53 Å². The van der Waals surface area contributed by atoms with Gasteiger partial charge >= 0.3 is 0 Å². The van der Waals surface area contributed by atoms with Crippen LogP contribution < -0.4 is 20.3 Å². The first-order chi connectivity index (χ1) is 14.5. The number of benzene rings is 2. The number of nitrogens with zero attached hydrogens (tertiary/aromatic N) is 3. The summed E-state index contributed by atoms with van der Waals surface area (Å²) < 4.78 is 5.40. The summed E-state index contributed by atoms with van der Waals surface area (Å²) >= 11 is 0. The molecule has 0 fully saturated rings. The number of hydrogen-bond acceptors (Lipinski definition) is 4. The Hall–Kier alpha value is -2.49. The molecule has 0 saturated carbocycles. The van der Waals surface area contributed by atoms with Crippen molar-refractivity contribution in [2.45, 2.75) is 13.0 Å². The summed E-state index contributed by atoms with van der Waals surface area (Å²) in [7, 11) is 7.21. The predicted octanol–water partition coefficient (Wildman–Crippen LogP) is 2.96. The van der Waals surface area contributed by atoms with Crippen LogP contribution in [-0.4, -0.2) is 64.7 Å². The van der Waals surface area contributed by atoms with Crippen LogP contribution in [0, 0.1) is 0 Å². The normalized spacial score (nSPS) is 10.6. The zero-order valence-corrected chi connectivity index (χ0v) is 21.1. The number of methoxy groups -OCH3 is 1. The molecule has 0 radical (unpaired) electrons. The molecule has 170 valence electrons. The first-order valence-corrected chi connectivity index (χ1v) is 10.1. The number of carbonyl (C=O) groups excluding carboxylic acids is 1. The van der Waals surface area contributed by atoms with Gasteiger partial charge in [0.1, 0.15) is 5.75 Å². The number of amides is 1. The molecule has 0 aliphatic carbocycles. The summed E-state index contributed by atoms with van der Waals surface area (Å²) in [6.07, 6.45) is 0.933. The highest BCUT2D eigenvalue weighted by atomic mass is 127. The van der Waals surface area contributed by atoms with Crippen molar-refractivity contribution in [1.82, 2.24) is 15.5 Å². The van der Waals surface area contributed by atoms with E-state index in [1.165, 1.54) is 5.69 Å². The molecule has 0 unspecified atom stereocenters. The van der Waals surface area contributed by atoms with Gasteiger partial charge in [-0.05, 0) is 24.6 Å². The maximum atomic E-state index is 12.0. The second kappa shape index (κ2) is 14.5. The molecule has 0 heterocycles. The van der Waals surface area contributed by atoms with Crippen LogP contribution >= 0.6 is 24.0 Å². The molecule has 0 saturated heterocycles. The lowest BCUT2D eigenvalue weighted by molar-refractivity contribution is -0.127. The van der Waals surface area contributed by atoms with E-state index in [0.29, 0.717) is 12.5 Å². The summed E-state index contributed by atoms with van der Waals surface area (Å²) in [6, 6.07) is 18.1. The lowest BCUT2D eigenvalue weighted by Gasteiger charge is -2.20. The molecule has 2 aromatic carbocycles. The van der Waals surface area contributed by atoms with Gasteiger partial charge in [0.15, 0.2) is 5.96 Å². The van der Waals surface area contributed by atoms with Crippen LogP contribution in [0.5, 0.6) is 5.75 Å². The van der Waals surface area contributed by atoms with Gasteiger partial charge < -0.3 is 25.2 Å². The number of ether oxygens (including phenoxy) is 1. The first-order valence-electron chi connectivity index (χ1n) is 10.1. The summed E-state index contributed by atoms with van der Waals surface area (Å²) in [5.74, 6) is 1.40. The summed E-state index contributed by atoms with van der Waals surface area (Å²) in [6.45, 7) is 2.30. The molecule has 0 aliphatic rings. The first kappa shape index (κ1) is 26.5. The zero-order valence-electron chi connectivity index (χ0n) is 18.8. The van der Waals surface area contributed by atoms with E-state index in [4.69, 9.17) is 4.74 Å². The van der Waals surface area contributed by atoms with Crippen molar-refractivity contribution in [2.75, 3.05) is 52.8 Å². The molecule has 2 N–H and O–H groups in total. The number of aliphatic imine (C=N–C) groups is 1. The van der Waals surface area contributed by atoms with Gasteiger partial charge in [0.25, 0.3) is 0 Å². The maximum absolute atomic E-state index is 12.0. The summed E-state index contributed by atoms with van der Waals surface area (Å²) in [5.41, 5.74) is 2.18. The van der Waals surface area contributed by atoms with E-state index in [1.807, 2.05) is 42.5 Å². The number of rotatable bonds is 10. The van der Waals surface area contributed by atoms with Crippen molar-refractivity contribution in [3.8, 4) is 5.75 Å². The van der Waals surface area contributed by atoms with E-state index in [1.54, 1.807) is 26.1 Å². The fourth-order valence-electron chi connectivity index (χ4n) is 2.82. The molecule has 0 spiro atoms. The molecule has 0 atom stereocenters. The Morgan fingerprint density at radius 3 is 2.35 bits per heavy atom. The summed E-state index contributed by atoms with van der Waals surface area (Å²) in [4.78, 5) is 20.4. The average molecular weight is 539 g/mol. The molecule has 0 aromatic heterocycles. The molecule has 7 nitrogen and oxygen atoms in total. The van der Waals surface area contributed by atoms with Crippen LogP contribution in [-0.2, 0) is 11.3 Å². The van der Waals surface area contributed by atoms with Gasteiger partial charge in [0, 0.05) is 45.5 Å². The fourth-order valence-corrected chi connectivity index (χ4v) is 2.82. The van der Waals surface area contributed by atoms with Gasteiger partial charge in [0.2, 0.25) is 5.91 Å². The summed E-state index contributed by atoms with van der Waals surface area (Å²) in [5, 5.41) is 6.45. The third-order valence-electron chi connectivity index (χ3n) is 4.67. The fraction of sp³-hybridized carbons (Fsp3) is 0.391. The second-order valence-corrected chi connectivity index (χ2v) is 7.16. The number of para-hydroxylation sites is 2. The molecule has 31 heavy (non-hydrogen) atoms. The minimum absolute atomic E-state index is 0. The Balaban J connectivity index is 0.00000480. The minimum atomic E-state index is -0.00870. The average Bonchev–Trinajstić information content (AvgIpc) is 2.78. The van der Waals surface area contributed by atoms with Crippen molar-refractivity contribution in [3.05, 3.63) is 60.2 Å². The lowest BCUT2D eigenvalue weighted by Crippen LogP contribution is -2.43. The molecule has 1 amide bonds. The van der Waals surface area contributed by atoms with Gasteiger partial charge in [0.05, 0.1) is 20.2 Å². The largest absolute Gasteiger partial charge is 0.496 e. The highest BCUT2D eigenvalue weighted by Crippen LogP contribution is 2.17. The number of hydrogen-bond donors (Lipinski definition) is 2. The standard InChI is InChI=1S/C23H33N5O2.HI/c1-27(2)22(29)18-26-23(25-17-19-11-8-9-14-21(19)30-4)24-15-10-16-28(3)20-12-6-5-7-13-20;/h5-9,11-14H,10,15-18H2,1-4H3,(H2,24,25,26);1H. The zero-order chi connectivity index (χ0) is 21.8. The maximum Gasteiger partial charge on any atom is 0.241 e. The van der Waals surface area contributed by atoms with E-state index in [-0.39, 0.29) is 36.4 Å². The van der Waals surface area contributed by atoms with E-state index < -0.39 is 0 Å². The highest BCUT2D eigenvalue weighted by molar-refractivity contribution is 14.0. The van der Waals surface area contributed by atoms with E-state index in [2.05, 4.69) is 39.7 Å². The van der Waals surface area contributed by atoms with Gasteiger partial charge in [-0.3, -0.25) is 4.79 Å². The number of likely N-dealkylation sites (N-methyl/N-ethyl adjacent to an activating group) is 1. The minimum Gasteiger partial charge on any atom is -0.496 e. The third-order valence-corrected chi connectivity index (χ3v) is 4.67. The molecular formula is C23H34IN5O2. The van der Waals surface area contributed by atoms with Crippen molar-refractivity contribution in [2.24, 2.45) is 4.99 Å². The van der Waals surface area contributed by atoms with Crippen molar-refractivity contribution >= 4 is 41.5 Å². The Kier molecular flexibility index (Phi) is 12.4. The van der Waals surface area contributed by atoms with Crippen molar-refractivity contribution in [3.63, 3.8) is 0 Å². The molecule has 8 heteroatoms. The topological polar surface area (TPSA) is 69.2 Å². The Bertz CT molecular complexity index is 815. The SMILES string of the molecule is COc1ccccc1CN=C(NCCCN(C)c1ccccc1)NCC(=O)N(C)C.I. The second-order valence-electron chi connectivity index (χ2n) is 7.16. The van der Waals surface area contributed by atoms with Crippen LogP contribution in [0.25, 0.3) is 0 Å². The number of anilines is 1. The molecule has 2 aromatic rings. The Morgan fingerprint density at radius 2 is 1.68 bits per heavy atom. The monoisotopic (exact) mass is 539 g/mol. The van der Waals surface area contributed by atoms with Crippen LogP contribution in [0.2, 0.25) is 0 Å². The molecule has 0 aliphatic heterocycles. The van der Waals surface area contributed by atoms with E-state index >= 15 is 0 Å². The van der Waals surface area contributed by atoms with Crippen LogP contribution in [0.15, 0.2) is 59.6 Å². The van der Waals surface area contributed by atoms with Gasteiger partial charge in [-0.25, -0.2) is 4.99 Å². The smallest absolute Gasteiger partial charge is 0.241 e. The van der Waals surface area contributed by atoms with E-state index in [0.717, 1.165) is 30.8 Å². The molecule has 0 bridgehead atoms. The number of nitrogens with one attached hydrogen (secondary N) is 2. The number of halogens is 1. The molecular weight excluding hydrogens is 505 g/mol. The lowest BCUT2D eigenvalue weighted by atomic mass is 10.2. The number of carbonyl (C=O) groups is 1. The number of guanidine groups is 1. The van der Waals surface area contributed by atoms with Gasteiger partial charge in [-0.15, -0.1) is 24.0 Å². The van der Waals surface area contributed by atoms with Gasteiger partial charge in [-0.2, -0.15) is 0 Å². The van der Waals surface area contributed by atoms with Crippen LogP contribution in [0.1, 0.15) is 12.0 Å². The van der Waals surface area contributed by atoms with E-state index in [9.17, 15) is 4.79 Å². The Morgan fingerprint density at radius 1 is 1.00 bits per heavy atom. The van der Waals surface area contributed by atoms with Gasteiger partial charge in [-0.1, -0.05) is 36.4 Å². The van der Waals surface area contributed by atoms with Crippen LogP contribution in [0.3, 0.4) is 0 Å². The molecule has 2 rings (SSSR count). The highest BCUT2D eigenvalue weighted by Gasteiger charge is 2.07. The third kappa shape index (κ3) is 9.46. The quantitative estimate of drug-likeness (QED) is 0.210. The Labute approximate surface area is 202 Å².